The standard InChI is InChI=1S/C9H17NO11/c1-4(2-5(11)12)8(17,18)10(9(19,20)21)6(13,14)3-7(10,15)16/h4,13-21H,2-3H2,1H3/p+1. The summed E-state index contributed by atoms with van der Waals surface area (Å²) in [6, 6.07) is 0. The summed E-state index contributed by atoms with van der Waals surface area (Å²) in [4.78, 5) is 10.6. The topological polar surface area (TPSA) is 219 Å². The molecular weight excluding hydrogens is 298 g/mol. The van der Waals surface area contributed by atoms with Crippen molar-refractivity contribution in [2.45, 2.75) is 43.6 Å². The fourth-order valence-corrected chi connectivity index (χ4v) is 2.71. The van der Waals surface area contributed by atoms with Crippen molar-refractivity contribution in [3.63, 3.8) is 0 Å². The average Bonchev–Trinajstić information content (AvgIpc) is 2.08. The van der Waals surface area contributed by atoms with Crippen molar-refractivity contribution < 1.29 is 60.3 Å². The fourth-order valence-electron chi connectivity index (χ4n) is 2.71. The Balaban J connectivity index is 3.50. The van der Waals surface area contributed by atoms with Crippen molar-refractivity contribution in [3.8, 4) is 0 Å². The van der Waals surface area contributed by atoms with Crippen molar-refractivity contribution >= 4 is 5.97 Å². The van der Waals surface area contributed by atoms with Crippen LogP contribution in [0.2, 0.25) is 0 Å². The van der Waals surface area contributed by atoms with Gasteiger partial charge in [0.1, 0.15) is 0 Å². The second-order valence-corrected chi connectivity index (χ2v) is 5.18. The summed E-state index contributed by atoms with van der Waals surface area (Å²) in [5.41, 5.74) is 0. The van der Waals surface area contributed by atoms with Gasteiger partial charge in [-0.2, -0.15) is 0 Å². The molecule has 1 heterocycles. The molecule has 0 amide bonds. The highest BCUT2D eigenvalue weighted by Gasteiger charge is 2.91. The first-order valence-corrected chi connectivity index (χ1v) is 5.67. The molecule has 1 unspecified atom stereocenters. The smallest absolute Gasteiger partial charge is 0.455 e. The van der Waals surface area contributed by atoms with Crippen LogP contribution in [-0.2, 0) is 4.79 Å². The summed E-state index contributed by atoms with van der Waals surface area (Å²) >= 11 is 0. The van der Waals surface area contributed by atoms with Crippen molar-refractivity contribution in [1.29, 1.82) is 0 Å². The molecule has 12 nitrogen and oxygen atoms in total. The Morgan fingerprint density at radius 2 is 1.48 bits per heavy atom. The second kappa shape index (κ2) is 4.53. The lowest BCUT2D eigenvalue weighted by molar-refractivity contribution is -1.28. The third kappa shape index (κ3) is 2.13. The van der Waals surface area contributed by atoms with Gasteiger partial charge in [0, 0.05) is 0 Å². The van der Waals surface area contributed by atoms with Gasteiger partial charge in [0.05, 0.1) is 12.3 Å². The van der Waals surface area contributed by atoms with Gasteiger partial charge in [-0.3, -0.25) is 20.1 Å². The van der Waals surface area contributed by atoms with E-state index in [2.05, 4.69) is 0 Å². The maximum atomic E-state index is 10.6. The zero-order valence-corrected chi connectivity index (χ0v) is 10.8. The molecule has 0 saturated carbocycles. The Kier molecular flexibility index (Phi) is 3.91. The molecule has 0 radical (unpaired) electrons. The first-order valence-electron chi connectivity index (χ1n) is 5.67. The van der Waals surface area contributed by atoms with Gasteiger partial charge in [0.2, 0.25) is 0 Å². The van der Waals surface area contributed by atoms with Gasteiger partial charge < -0.3 is 35.7 Å². The summed E-state index contributed by atoms with van der Waals surface area (Å²) in [5, 5.41) is 94.6. The van der Waals surface area contributed by atoms with Gasteiger partial charge in [-0.25, -0.2) is 0 Å². The molecule has 0 aromatic rings. The highest BCUT2D eigenvalue weighted by molar-refractivity contribution is 5.67. The molecule has 0 aromatic heterocycles. The molecule has 1 atom stereocenters. The average molecular weight is 316 g/mol. The van der Waals surface area contributed by atoms with E-state index in [0.717, 1.165) is 6.92 Å². The molecule has 124 valence electrons. The van der Waals surface area contributed by atoms with Gasteiger partial charge in [-0.15, -0.1) is 0 Å². The lowest BCUT2D eigenvalue weighted by Gasteiger charge is -2.65. The summed E-state index contributed by atoms with van der Waals surface area (Å²) < 4.78 is -3.05. The van der Waals surface area contributed by atoms with Crippen LogP contribution in [0, 0.1) is 5.92 Å². The Hall–Kier alpha value is -0.930. The molecule has 1 aliphatic heterocycles. The molecule has 1 rings (SSSR count). The zero-order chi connectivity index (χ0) is 17.1. The van der Waals surface area contributed by atoms with Gasteiger partial charge in [0.15, 0.2) is 6.42 Å². The Labute approximate surface area is 117 Å². The first kappa shape index (κ1) is 18.1. The van der Waals surface area contributed by atoms with E-state index < -0.39 is 53.0 Å². The lowest BCUT2D eigenvalue weighted by atomic mass is 9.88. The number of carboxylic acid groups (broad SMARTS) is 1. The van der Waals surface area contributed by atoms with Crippen LogP contribution in [0.5, 0.6) is 0 Å². The first-order chi connectivity index (χ1) is 9.04. The highest BCUT2D eigenvalue weighted by atomic mass is 16.8. The molecule has 21 heavy (non-hydrogen) atoms. The number of rotatable bonds is 5. The normalized spacial score (nSPS) is 25.0. The van der Waals surface area contributed by atoms with Crippen molar-refractivity contribution in [1.82, 2.24) is 0 Å². The second-order valence-electron chi connectivity index (χ2n) is 5.18. The number of carboxylic acids is 1. The van der Waals surface area contributed by atoms with Crippen LogP contribution in [-0.4, -0.2) is 85.3 Å². The monoisotopic (exact) mass is 316 g/mol. The highest BCUT2D eigenvalue weighted by Crippen LogP contribution is 2.57. The van der Waals surface area contributed by atoms with E-state index in [1.54, 1.807) is 0 Å². The van der Waals surface area contributed by atoms with E-state index >= 15 is 0 Å². The van der Waals surface area contributed by atoms with Crippen LogP contribution in [0.15, 0.2) is 0 Å². The quantitative estimate of drug-likeness (QED) is 0.170. The maximum absolute atomic E-state index is 10.6. The molecule has 0 aromatic carbocycles. The minimum Gasteiger partial charge on any atom is -0.481 e. The minimum atomic E-state index is -4.44. The number of nitrogens with zero attached hydrogens (tertiary/aromatic N) is 1. The number of hydrogen-bond acceptors (Lipinski definition) is 10. The Bertz CT molecular complexity index is 406. The van der Waals surface area contributed by atoms with Gasteiger partial charge in [-0.1, -0.05) is 11.4 Å². The fraction of sp³-hybridized carbons (Fsp3) is 0.889. The predicted octanol–water partition coefficient (Wildman–Crippen LogP) is -5.18. The molecule has 1 aliphatic rings. The molecule has 10 N–H and O–H groups in total. The van der Waals surface area contributed by atoms with Crippen molar-refractivity contribution in [3.05, 3.63) is 0 Å². The summed E-state index contributed by atoms with van der Waals surface area (Å²) in [7, 11) is 0. The summed E-state index contributed by atoms with van der Waals surface area (Å²) in [6.45, 7) is 0.824. The maximum Gasteiger partial charge on any atom is 0.455 e. The van der Waals surface area contributed by atoms with Crippen molar-refractivity contribution in [2.24, 2.45) is 5.92 Å². The number of aliphatic carboxylic acids is 1. The Morgan fingerprint density at radius 3 is 1.71 bits per heavy atom. The van der Waals surface area contributed by atoms with E-state index in [4.69, 9.17) is 5.11 Å². The summed E-state index contributed by atoms with van der Waals surface area (Å²) in [5.74, 6) is -14.5. The molecule has 12 heteroatoms. The SMILES string of the molecule is CC(CC(=O)O)C(O)(O)[N+]1(C(O)(O)O)C(O)(O)CC1(O)O. The predicted molar refractivity (Wildman–Crippen MR) is 57.2 cm³/mol. The van der Waals surface area contributed by atoms with Crippen LogP contribution in [0.1, 0.15) is 19.8 Å². The number of quaternary nitrogens is 1. The van der Waals surface area contributed by atoms with Gasteiger partial charge in [-0.05, 0) is 0 Å². The third-order valence-electron chi connectivity index (χ3n) is 3.63. The van der Waals surface area contributed by atoms with Crippen LogP contribution < -0.4 is 0 Å². The molecule has 1 fully saturated rings. The molecule has 0 spiro atoms. The minimum absolute atomic E-state index is 0.824. The largest absolute Gasteiger partial charge is 0.481 e. The van der Waals surface area contributed by atoms with E-state index in [1.165, 1.54) is 0 Å². The van der Waals surface area contributed by atoms with E-state index in [-0.39, 0.29) is 0 Å². The lowest BCUT2D eigenvalue weighted by Crippen LogP contribution is -2.99. The van der Waals surface area contributed by atoms with E-state index in [0.29, 0.717) is 0 Å². The van der Waals surface area contributed by atoms with E-state index in [9.17, 15) is 50.8 Å². The molecular formula is C9H18NO11+. The zero-order valence-electron chi connectivity index (χ0n) is 10.8. The Morgan fingerprint density at radius 1 is 1.10 bits per heavy atom. The van der Waals surface area contributed by atoms with Crippen LogP contribution in [0.4, 0.5) is 0 Å². The summed E-state index contributed by atoms with van der Waals surface area (Å²) in [6.07, 6.45) is -6.90. The van der Waals surface area contributed by atoms with Crippen LogP contribution in [0.25, 0.3) is 0 Å². The molecule has 0 aliphatic carbocycles. The number of hydrogen-bond donors (Lipinski definition) is 10. The third-order valence-corrected chi connectivity index (χ3v) is 3.63. The van der Waals surface area contributed by atoms with Crippen LogP contribution in [0.3, 0.4) is 0 Å². The number of aliphatic hydroxyl groups is 9. The van der Waals surface area contributed by atoms with Gasteiger partial charge >= 0.3 is 29.8 Å². The molecule has 1 saturated heterocycles. The van der Waals surface area contributed by atoms with Crippen LogP contribution >= 0.6 is 0 Å². The number of likely N-dealkylation sites (tertiary alicyclic amines) is 1. The van der Waals surface area contributed by atoms with Gasteiger partial charge in [0.25, 0.3) is 0 Å². The van der Waals surface area contributed by atoms with E-state index in [1.807, 2.05) is 0 Å². The van der Waals surface area contributed by atoms with Crippen molar-refractivity contribution in [2.75, 3.05) is 0 Å². The molecule has 0 bridgehead atoms. The number of carbonyl (C=O) groups is 1.